The number of halogens is 2. The lowest BCUT2D eigenvalue weighted by Gasteiger charge is -2.01. The van der Waals surface area contributed by atoms with Crippen LogP contribution in [0.1, 0.15) is 12.5 Å². The summed E-state index contributed by atoms with van der Waals surface area (Å²) in [5, 5.41) is 3.92. The van der Waals surface area contributed by atoms with Gasteiger partial charge in [0.05, 0.1) is 11.9 Å². The van der Waals surface area contributed by atoms with Crippen LogP contribution in [-0.4, -0.2) is 6.21 Å². The lowest BCUT2D eigenvalue weighted by atomic mass is 10.1. The maximum atomic E-state index is 13.3. The summed E-state index contributed by atoms with van der Waals surface area (Å²) in [5.74, 6) is -1.29. The molecule has 2 aromatic carbocycles. The van der Waals surface area contributed by atoms with Gasteiger partial charge in [0.15, 0.2) is 5.82 Å². The van der Waals surface area contributed by atoms with Crippen LogP contribution in [0.2, 0.25) is 0 Å². The summed E-state index contributed by atoms with van der Waals surface area (Å²) in [6.45, 7) is 1.89. The highest BCUT2D eigenvalue weighted by Crippen LogP contribution is 2.14. The van der Waals surface area contributed by atoms with Crippen molar-refractivity contribution in [3.63, 3.8) is 0 Å². The van der Waals surface area contributed by atoms with E-state index in [4.69, 9.17) is 0 Å². The van der Waals surface area contributed by atoms with Crippen LogP contribution in [-0.2, 0) is 0 Å². The molecule has 0 amide bonds. The van der Waals surface area contributed by atoms with Gasteiger partial charge in [-0.2, -0.15) is 5.10 Å². The fourth-order valence-corrected chi connectivity index (χ4v) is 1.63. The molecular formula is C16H14F2N2. The van der Waals surface area contributed by atoms with E-state index in [1.807, 2.05) is 43.3 Å². The Balaban J connectivity index is 2.01. The molecule has 20 heavy (non-hydrogen) atoms. The summed E-state index contributed by atoms with van der Waals surface area (Å²) in [6, 6.07) is 13.1. The first kappa shape index (κ1) is 13.9. The van der Waals surface area contributed by atoms with Crippen molar-refractivity contribution in [3.05, 3.63) is 71.3 Å². The van der Waals surface area contributed by atoms with E-state index >= 15 is 0 Å². The molecule has 0 unspecified atom stereocenters. The molecule has 2 aromatic rings. The molecule has 0 bridgehead atoms. The monoisotopic (exact) mass is 272 g/mol. The summed E-state index contributed by atoms with van der Waals surface area (Å²) in [4.78, 5) is 0. The van der Waals surface area contributed by atoms with Gasteiger partial charge in [0.2, 0.25) is 0 Å². The molecule has 0 aliphatic heterocycles. The smallest absolute Gasteiger partial charge is 0.151 e. The maximum Gasteiger partial charge on any atom is 0.151 e. The van der Waals surface area contributed by atoms with Gasteiger partial charge in [-0.1, -0.05) is 36.4 Å². The average molecular weight is 272 g/mol. The third-order valence-electron chi connectivity index (χ3n) is 2.58. The Morgan fingerprint density at radius 1 is 1.10 bits per heavy atom. The van der Waals surface area contributed by atoms with Crippen molar-refractivity contribution >= 4 is 18.0 Å². The second-order valence-electron chi connectivity index (χ2n) is 4.29. The summed E-state index contributed by atoms with van der Waals surface area (Å²) >= 11 is 0. The van der Waals surface area contributed by atoms with Crippen molar-refractivity contribution in [2.24, 2.45) is 5.10 Å². The number of hydrazone groups is 1. The Morgan fingerprint density at radius 2 is 1.85 bits per heavy atom. The standard InChI is InChI=1S/C16H14F2N2/c1-12(9-13-5-3-2-4-6-13)11-19-20-16-8-7-14(17)10-15(16)18/h2-11,20H,1H3/b12-9+,19-11+. The average Bonchev–Trinajstić information content (AvgIpc) is 2.42. The van der Waals surface area contributed by atoms with Crippen molar-refractivity contribution in [1.29, 1.82) is 0 Å². The molecule has 0 aliphatic carbocycles. The molecule has 1 N–H and O–H groups in total. The first-order chi connectivity index (χ1) is 9.65. The third kappa shape index (κ3) is 4.02. The number of hydrogen-bond donors (Lipinski definition) is 1. The van der Waals surface area contributed by atoms with E-state index < -0.39 is 11.6 Å². The molecule has 0 heterocycles. The molecule has 0 fully saturated rings. The van der Waals surface area contributed by atoms with Crippen molar-refractivity contribution in [2.45, 2.75) is 6.92 Å². The second-order valence-corrected chi connectivity index (χ2v) is 4.29. The highest BCUT2D eigenvalue weighted by molar-refractivity contribution is 5.85. The van der Waals surface area contributed by atoms with Gasteiger partial charge in [-0.15, -0.1) is 0 Å². The predicted octanol–water partition coefficient (Wildman–Crippen LogP) is 4.47. The largest absolute Gasteiger partial charge is 0.276 e. The SMILES string of the molecule is CC(/C=N/Nc1ccc(F)cc1F)=C\c1ccccc1. The highest BCUT2D eigenvalue weighted by Gasteiger charge is 2.01. The minimum absolute atomic E-state index is 0.134. The molecule has 0 aromatic heterocycles. The first-order valence-corrected chi connectivity index (χ1v) is 6.12. The van der Waals surface area contributed by atoms with Crippen LogP contribution in [0.3, 0.4) is 0 Å². The Labute approximate surface area is 116 Å². The number of anilines is 1. The van der Waals surface area contributed by atoms with Gasteiger partial charge < -0.3 is 0 Å². The zero-order valence-electron chi connectivity index (χ0n) is 11.0. The molecule has 2 nitrogen and oxygen atoms in total. The van der Waals surface area contributed by atoms with Crippen molar-refractivity contribution in [3.8, 4) is 0 Å². The maximum absolute atomic E-state index is 13.3. The minimum Gasteiger partial charge on any atom is -0.276 e. The fourth-order valence-electron chi connectivity index (χ4n) is 1.63. The summed E-state index contributed by atoms with van der Waals surface area (Å²) in [7, 11) is 0. The Bertz CT molecular complexity index is 634. The zero-order chi connectivity index (χ0) is 14.4. The van der Waals surface area contributed by atoms with E-state index in [2.05, 4.69) is 10.5 Å². The van der Waals surface area contributed by atoms with Gasteiger partial charge in [0.25, 0.3) is 0 Å². The van der Waals surface area contributed by atoms with Gasteiger partial charge >= 0.3 is 0 Å². The van der Waals surface area contributed by atoms with E-state index in [1.54, 1.807) is 6.21 Å². The summed E-state index contributed by atoms with van der Waals surface area (Å²) < 4.78 is 26.1. The molecule has 0 radical (unpaired) electrons. The Morgan fingerprint density at radius 3 is 2.55 bits per heavy atom. The predicted molar refractivity (Wildman–Crippen MR) is 78.6 cm³/mol. The number of rotatable bonds is 4. The molecule has 4 heteroatoms. The molecule has 0 saturated heterocycles. The second kappa shape index (κ2) is 6.61. The van der Waals surface area contributed by atoms with Crippen molar-refractivity contribution < 1.29 is 8.78 Å². The topological polar surface area (TPSA) is 24.4 Å². The van der Waals surface area contributed by atoms with Gasteiger partial charge in [-0.3, -0.25) is 5.43 Å². The molecule has 0 aliphatic rings. The number of hydrogen-bond acceptors (Lipinski definition) is 2. The van der Waals surface area contributed by atoms with E-state index in [0.717, 1.165) is 17.2 Å². The summed E-state index contributed by atoms with van der Waals surface area (Å²) in [5.41, 5.74) is 4.65. The lowest BCUT2D eigenvalue weighted by molar-refractivity contribution is 0.585. The third-order valence-corrected chi connectivity index (χ3v) is 2.58. The zero-order valence-corrected chi connectivity index (χ0v) is 11.0. The molecular weight excluding hydrogens is 258 g/mol. The molecule has 0 spiro atoms. The van der Waals surface area contributed by atoms with Crippen LogP contribution in [0.5, 0.6) is 0 Å². The molecule has 0 atom stereocenters. The number of nitrogens with zero attached hydrogens (tertiary/aromatic N) is 1. The van der Waals surface area contributed by atoms with Gasteiger partial charge in [0, 0.05) is 6.07 Å². The normalized spacial score (nSPS) is 11.8. The van der Waals surface area contributed by atoms with Crippen LogP contribution in [0, 0.1) is 11.6 Å². The van der Waals surface area contributed by atoms with E-state index in [-0.39, 0.29) is 5.69 Å². The van der Waals surface area contributed by atoms with Crippen LogP contribution in [0.25, 0.3) is 6.08 Å². The van der Waals surface area contributed by atoms with Gasteiger partial charge in [-0.05, 0) is 30.2 Å². The molecule has 2 rings (SSSR count). The number of allylic oxidation sites excluding steroid dienone is 1. The van der Waals surface area contributed by atoms with E-state index in [1.165, 1.54) is 12.1 Å². The van der Waals surface area contributed by atoms with Crippen LogP contribution >= 0.6 is 0 Å². The minimum atomic E-state index is -0.674. The van der Waals surface area contributed by atoms with Crippen molar-refractivity contribution in [1.82, 2.24) is 0 Å². The highest BCUT2D eigenvalue weighted by atomic mass is 19.1. The fraction of sp³-hybridized carbons (Fsp3) is 0.0625. The van der Waals surface area contributed by atoms with Crippen molar-refractivity contribution in [2.75, 3.05) is 5.43 Å². The molecule has 102 valence electrons. The van der Waals surface area contributed by atoms with Crippen LogP contribution in [0.4, 0.5) is 14.5 Å². The van der Waals surface area contributed by atoms with Crippen LogP contribution in [0.15, 0.2) is 59.2 Å². The van der Waals surface area contributed by atoms with E-state index in [0.29, 0.717) is 0 Å². The summed E-state index contributed by atoms with van der Waals surface area (Å²) in [6.07, 6.45) is 3.53. The van der Waals surface area contributed by atoms with E-state index in [9.17, 15) is 8.78 Å². The first-order valence-electron chi connectivity index (χ1n) is 6.12. The lowest BCUT2D eigenvalue weighted by Crippen LogP contribution is -1.94. The number of nitrogens with one attached hydrogen (secondary N) is 1. The Kier molecular flexibility index (Phi) is 4.60. The van der Waals surface area contributed by atoms with Gasteiger partial charge in [-0.25, -0.2) is 8.78 Å². The quantitative estimate of drug-likeness (QED) is 0.644. The molecule has 0 saturated carbocycles. The number of benzene rings is 2. The Hall–Kier alpha value is -2.49. The van der Waals surface area contributed by atoms with Gasteiger partial charge in [0.1, 0.15) is 5.82 Å². The van der Waals surface area contributed by atoms with Crippen LogP contribution < -0.4 is 5.43 Å².